The molecule has 0 radical (unpaired) electrons. The molecular weight excluding hydrogens is 292 g/mol. The number of hydrogen-bond donors (Lipinski definition) is 0. The minimum absolute atomic E-state index is 0.0189. The molecule has 0 bridgehead atoms. The number of carbonyl (C=O) groups is 1. The van der Waals surface area contributed by atoms with Crippen LogP contribution in [0, 0.1) is 0 Å². The maximum absolute atomic E-state index is 12.8. The van der Waals surface area contributed by atoms with E-state index in [0.717, 1.165) is 36.4 Å². The standard InChI is InChI=1S/C18H20N2O3/c1-22-13-8-9-17(23-2)14(12-13)16-7-5-11-20(16)18(21)15-6-3-4-10-19-15/h3-4,6,8-10,12,16H,5,7,11H2,1-2H3/t16-/m1/s1. The van der Waals surface area contributed by atoms with Crippen molar-refractivity contribution in [2.24, 2.45) is 0 Å². The highest BCUT2D eigenvalue weighted by Gasteiger charge is 2.33. The monoisotopic (exact) mass is 312 g/mol. The molecule has 1 saturated heterocycles. The summed E-state index contributed by atoms with van der Waals surface area (Å²) in [6.07, 6.45) is 3.51. The molecule has 1 aromatic heterocycles. The molecule has 1 amide bonds. The molecule has 0 spiro atoms. The fraction of sp³-hybridized carbons (Fsp3) is 0.333. The van der Waals surface area contributed by atoms with Gasteiger partial charge < -0.3 is 14.4 Å². The summed E-state index contributed by atoms with van der Waals surface area (Å²) in [6, 6.07) is 11.1. The van der Waals surface area contributed by atoms with Gasteiger partial charge in [0, 0.05) is 18.3 Å². The number of rotatable bonds is 4. The van der Waals surface area contributed by atoms with E-state index in [1.807, 2.05) is 35.2 Å². The number of methoxy groups -OCH3 is 2. The molecule has 120 valence electrons. The Morgan fingerprint density at radius 2 is 2.09 bits per heavy atom. The van der Waals surface area contributed by atoms with Crippen LogP contribution in [-0.4, -0.2) is 36.6 Å². The van der Waals surface area contributed by atoms with Gasteiger partial charge in [-0.3, -0.25) is 9.78 Å². The maximum atomic E-state index is 12.8. The SMILES string of the molecule is COc1ccc(OC)c([C@H]2CCCN2C(=O)c2ccccn2)c1. The van der Waals surface area contributed by atoms with Crippen molar-refractivity contribution in [3.63, 3.8) is 0 Å². The molecule has 1 aliphatic rings. The van der Waals surface area contributed by atoms with Crippen LogP contribution in [0.25, 0.3) is 0 Å². The Morgan fingerprint density at radius 1 is 1.22 bits per heavy atom. The largest absolute Gasteiger partial charge is 0.497 e. The van der Waals surface area contributed by atoms with Crippen molar-refractivity contribution in [3.05, 3.63) is 53.9 Å². The zero-order valence-corrected chi connectivity index (χ0v) is 13.4. The number of carbonyl (C=O) groups excluding carboxylic acids is 1. The average molecular weight is 312 g/mol. The fourth-order valence-corrected chi connectivity index (χ4v) is 3.07. The van der Waals surface area contributed by atoms with Gasteiger partial charge in [-0.25, -0.2) is 0 Å². The molecule has 1 aromatic carbocycles. The summed E-state index contributed by atoms with van der Waals surface area (Å²) >= 11 is 0. The van der Waals surface area contributed by atoms with Crippen LogP contribution in [0.15, 0.2) is 42.6 Å². The van der Waals surface area contributed by atoms with Crippen LogP contribution in [-0.2, 0) is 0 Å². The van der Waals surface area contributed by atoms with Crippen molar-refractivity contribution < 1.29 is 14.3 Å². The predicted molar refractivity (Wildman–Crippen MR) is 86.8 cm³/mol. The molecule has 5 nitrogen and oxygen atoms in total. The van der Waals surface area contributed by atoms with Gasteiger partial charge in [0.05, 0.1) is 20.3 Å². The number of hydrogen-bond acceptors (Lipinski definition) is 4. The van der Waals surface area contributed by atoms with Gasteiger partial charge >= 0.3 is 0 Å². The molecule has 1 atom stereocenters. The van der Waals surface area contributed by atoms with Crippen molar-refractivity contribution in [1.82, 2.24) is 9.88 Å². The molecule has 0 aliphatic carbocycles. The molecule has 0 unspecified atom stereocenters. The van der Waals surface area contributed by atoms with Crippen LogP contribution in [0.2, 0.25) is 0 Å². The number of nitrogens with zero attached hydrogens (tertiary/aromatic N) is 2. The third-order valence-electron chi connectivity index (χ3n) is 4.19. The molecule has 0 saturated carbocycles. The van der Waals surface area contributed by atoms with Gasteiger partial charge in [-0.05, 0) is 43.2 Å². The Balaban J connectivity index is 1.94. The van der Waals surface area contributed by atoms with Gasteiger partial charge in [-0.2, -0.15) is 0 Å². The average Bonchev–Trinajstić information content (AvgIpc) is 3.10. The number of amides is 1. The van der Waals surface area contributed by atoms with E-state index >= 15 is 0 Å². The highest BCUT2D eigenvalue weighted by atomic mass is 16.5. The van der Waals surface area contributed by atoms with Crippen LogP contribution >= 0.6 is 0 Å². The lowest BCUT2D eigenvalue weighted by atomic mass is 10.0. The third kappa shape index (κ3) is 2.99. The normalized spacial score (nSPS) is 17.1. The molecule has 2 aromatic rings. The van der Waals surface area contributed by atoms with E-state index in [9.17, 15) is 4.79 Å². The third-order valence-corrected chi connectivity index (χ3v) is 4.19. The summed E-state index contributed by atoms with van der Waals surface area (Å²) in [5.41, 5.74) is 1.45. The van der Waals surface area contributed by atoms with E-state index in [0.29, 0.717) is 5.69 Å². The first kappa shape index (κ1) is 15.3. The van der Waals surface area contributed by atoms with Crippen LogP contribution in [0.4, 0.5) is 0 Å². The minimum Gasteiger partial charge on any atom is -0.497 e. The summed E-state index contributed by atoms with van der Waals surface area (Å²) < 4.78 is 10.8. The summed E-state index contributed by atoms with van der Waals surface area (Å²) in [4.78, 5) is 18.8. The topological polar surface area (TPSA) is 51.7 Å². The van der Waals surface area contributed by atoms with Crippen molar-refractivity contribution in [3.8, 4) is 11.5 Å². The Bertz CT molecular complexity index is 688. The fourth-order valence-electron chi connectivity index (χ4n) is 3.07. The Hall–Kier alpha value is -2.56. The number of pyridine rings is 1. The van der Waals surface area contributed by atoms with Crippen LogP contribution in [0.3, 0.4) is 0 Å². The first-order valence-corrected chi connectivity index (χ1v) is 7.68. The van der Waals surface area contributed by atoms with E-state index in [2.05, 4.69) is 4.98 Å². The lowest BCUT2D eigenvalue weighted by Crippen LogP contribution is -2.31. The van der Waals surface area contributed by atoms with Gasteiger partial charge in [0.25, 0.3) is 5.91 Å². The predicted octanol–water partition coefficient (Wildman–Crippen LogP) is 3.08. The van der Waals surface area contributed by atoms with Gasteiger partial charge in [0.15, 0.2) is 0 Å². The number of likely N-dealkylation sites (tertiary alicyclic amines) is 1. The Labute approximate surface area is 135 Å². The van der Waals surface area contributed by atoms with E-state index < -0.39 is 0 Å². The van der Waals surface area contributed by atoms with Crippen LogP contribution in [0.5, 0.6) is 11.5 Å². The van der Waals surface area contributed by atoms with Crippen molar-refractivity contribution >= 4 is 5.91 Å². The Kier molecular flexibility index (Phi) is 4.46. The van der Waals surface area contributed by atoms with Gasteiger partial charge in [0.2, 0.25) is 0 Å². The van der Waals surface area contributed by atoms with E-state index in [-0.39, 0.29) is 11.9 Å². The first-order valence-electron chi connectivity index (χ1n) is 7.68. The van der Waals surface area contributed by atoms with Crippen LogP contribution < -0.4 is 9.47 Å². The van der Waals surface area contributed by atoms with Gasteiger partial charge in [-0.1, -0.05) is 6.07 Å². The van der Waals surface area contributed by atoms with Crippen molar-refractivity contribution in [2.75, 3.05) is 20.8 Å². The summed E-state index contributed by atoms with van der Waals surface area (Å²) in [6.45, 7) is 0.723. The maximum Gasteiger partial charge on any atom is 0.272 e. The number of ether oxygens (including phenoxy) is 2. The second kappa shape index (κ2) is 6.69. The van der Waals surface area contributed by atoms with Crippen LogP contribution in [0.1, 0.15) is 34.9 Å². The quantitative estimate of drug-likeness (QED) is 0.870. The van der Waals surface area contributed by atoms with Crippen molar-refractivity contribution in [1.29, 1.82) is 0 Å². The summed E-state index contributed by atoms with van der Waals surface area (Å²) in [5.74, 6) is 1.49. The molecule has 5 heteroatoms. The minimum atomic E-state index is -0.0435. The Morgan fingerprint density at radius 3 is 2.78 bits per heavy atom. The van der Waals surface area contributed by atoms with Gasteiger partial charge in [0.1, 0.15) is 17.2 Å². The molecule has 1 aliphatic heterocycles. The molecule has 2 heterocycles. The number of aromatic nitrogens is 1. The molecule has 23 heavy (non-hydrogen) atoms. The second-order valence-electron chi connectivity index (χ2n) is 5.48. The highest BCUT2D eigenvalue weighted by molar-refractivity contribution is 5.92. The zero-order valence-electron chi connectivity index (χ0n) is 13.4. The molecule has 0 N–H and O–H groups in total. The van der Waals surface area contributed by atoms with E-state index in [1.54, 1.807) is 26.5 Å². The zero-order chi connectivity index (χ0) is 16.2. The molecular formula is C18H20N2O3. The van der Waals surface area contributed by atoms with Crippen molar-refractivity contribution in [2.45, 2.75) is 18.9 Å². The van der Waals surface area contributed by atoms with Gasteiger partial charge in [-0.15, -0.1) is 0 Å². The van der Waals surface area contributed by atoms with E-state index in [4.69, 9.17) is 9.47 Å². The summed E-state index contributed by atoms with van der Waals surface area (Å²) in [5, 5.41) is 0. The smallest absolute Gasteiger partial charge is 0.272 e. The lowest BCUT2D eigenvalue weighted by Gasteiger charge is -2.26. The lowest BCUT2D eigenvalue weighted by molar-refractivity contribution is 0.0728. The second-order valence-corrected chi connectivity index (χ2v) is 5.48. The number of benzene rings is 1. The first-order chi connectivity index (χ1) is 11.2. The highest BCUT2D eigenvalue weighted by Crippen LogP contribution is 2.39. The van der Waals surface area contributed by atoms with E-state index in [1.165, 1.54) is 0 Å². The summed E-state index contributed by atoms with van der Waals surface area (Å²) in [7, 11) is 3.28. The molecule has 3 rings (SSSR count). The molecule has 1 fully saturated rings.